The van der Waals surface area contributed by atoms with Crippen molar-refractivity contribution in [2.45, 2.75) is 45.5 Å². The van der Waals surface area contributed by atoms with Crippen LogP contribution in [0.1, 0.15) is 48.7 Å². The highest BCUT2D eigenvalue weighted by atomic mass is 19.4. The highest BCUT2D eigenvalue weighted by Crippen LogP contribution is 2.54. The lowest BCUT2D eigenvalue weighted by Gasteiger charge is -2.41. The highest BCUT2D eigenvalue weighted by Gasteiger charge is 2.52. The molecule has 2 aromatic rings. The third kappa shape index (κ3) is 3.92. The first kappa shape index (κ1) is 24.2. The van der Waals surface area contributed by atoms with E-state index >= 15 is 0 Å². The number of allylic oxidation sites excluding steroid dienone is 1. The van der Waals surface area contributed by atoms with Crippen LogP contribution in [0.25, 0.3) is 0 Å². The Morgan fingerprint density at radius 2 is 1.70 bits per heavy atom. The van der Waals surface area contributed by atoms with Crippen LogP contribution in [0.2, 0.25) is 0 Å². The number of nitriles is 1. The van der Waals surface area contributed by atoms with Gasteiger partial charge in [0.15, 0.2) is 0 Å². The third-order valence-electron chi connectivity index (χ3n) is 5.44. The van der Waals surface area contributed by atoms with Crippen LogP contribution in [0.3, 0.4) is 0 Å². The smallest absolute Gasteiger partial charge is 0.416 e. The minimum absolute atomic E-state index is 0.0183. The molecular formula is C21H18F6N4O2. The molecule has 3 rings (SSSR count). The Kier molecular flexibility index (Phi) is 5.73. The molecule has 1 unspecified atom stereocenters. The summed E-state index contributed by atoms with van der Waals surface area (Å²) in [5, 5.41) is 18.8. The number of hydrogen-bond acceptors (Lipinski definition) is 4. The quantitative estimate of drug-likeness (QED) is 0.618. The maximum atomic E-state index is 13.6. The number of aromatic nitrogens is 2. The Morgan fingerprint density at radius 3 is 2.12 bits per heavy atom. The summed E-state index contributed by atoms with van der Waals surface area (Å²) in [5.74, 6) is -1.93. The van der Waals surface area contributed by atoms with Crippen molar-refractivity contribution < 1.29 is 35.9 Å². The summed E-state index contributed by atoms with van der Waals surface area (Å²) in [6.45, 7) is 5.67. The number of aromatic amines is 1. The molecule has 1 aliphatic rings. The summed E-state index contributed by atoms with van der Waals surface area (Å²) in [6.07, 6.45) is -10.2. The third-order valence-corrected chi connectivity index (χ3v) is 5.44. The number of rotatable bonds is 3. The van der Waals surface area contributed by atoms with Crippen LogP contribution in [0, 0.1) is 24.2 Å². The van der Waals surface area contributed by atoms with Crippen molar-refractivity contribution in [3.8, 4) is 11.9 Å². The Labute approximate surface area is 184 Å². The second-order valence-electron chi connectivity index (χ2n) is 7.87. The van der Waals surface area contributed by atoms with Crippen LogP contribution < -0.4 is 10.1 Å². The largest absolute Gasteiger partial charge is 0.422 e. The first-order chi connectivity index (χ1) is 15.1. The zero-order chi connectivity index (χ0) is 24.9. The number of carbonyl (C=O) groups is 1. The Balaban J connectivity index is 2.54. The van der Waals surface area contributed by atoms with Crippen molar-refractivity contribution >= 4 is 5.91 Å². The molecule has 0 bridgehead atoms. The maximum Gasteiger partial charge on any atom is 0.416 e. The van der Waals surface area contributed by atoms with E-state index in [2.05, 4.69) is 15.5 Å². The SMILES string of the molecule is CC(=O)NC1=C(C#N)C(c2cc(C(F)(F)F)cc(C(F)(F)F)c2)(C(C)C)c2c(C)n[nH]c2O1. The van der Waals surface area contributed by atoms with E-state index in [4.69, 9.17) is 4.74 Å². The molecule has 2 heterocycles. The molecule has 1 atom stereocenters. The number of benzene rings is 1. The van der Waals surface area contributed by atoms with Crippen molar-refractivity contribution in [1.82, 2.24) is 15.5 Å². The van der Waals surface area contributed by atoms with Crippen molar-refractivity contribution in [1.29, 1.82) is 5.26 Å². The lowest BCUT2D eigenvalue weighted by molar-refractivity contribution is -0.143. The van der Waals surface area contributed by atoms with Gasteiger partial charge in [-0.15, -0.1) is 0 Å². The molecule has 1 aliphatic heterocycles. The van der Waals surface area contributed by atoms with E-state index in [9.17, 15) is 36.4 Å². The van der Waals surface area contributed by atoms with Crippen molar-refractivity contribution in [2.75, 3.05) is 0 Å². The molecule has 0 saturated carbocycles. The summed E-state index contributed by atoms with van der Waals surface area (Å²) >= 11 is 0. The monoisotopic (exact) mass is 472 g/mol. The van der Waals surface area contributed by atoms with Gasteiger partial charge in [0.1, 0.15) is 11.6 Å². The van der Waals surface area contributed by atoms with Crippen LogP contribution in [0.5, 0.6) is 5.88 Å². The molecule has 1 aromatic carbocycles. The molecule has 0 radical (unpaired) electrons. The predicted molar refractivity (Wildman–Crippen MR) is 102 cm³/mol. The van der Waals surface area contributed by atoms with Gasteiger partial charge in [-0.05, 0) is 36.6 Å². The summed E-state index contributed by atoms with van der Waals surface area (Å²) < 4.78 is 87.3. The number of nitrogens with one attached hydrogen (secondary N) is 2. The molecule has 0 saturated heterocycles. The fraction of sp³-hybridized carbons (Fsp3) is 0.381. The van der Waals surface area contributed by atoms with Gasteiger partial charge < -0.3 is 4.74 Å². The van der Waals surface area contributed by atoms with E-state index in [1.54, 1.807) is 0 Å². The molecule has 0 fully saturated rings. The number of fused-ring (bicyclic) bond motifs is 1. The van der Waals surface area contributed by atoms with Crippen LogP contribution in [-0.4, -0.2) is 16.1 Å². The zero-order valence-corrected chi connectivity index (χ0v) is 17.8. The molecule has 1 amide bonds. The maximum absolute atomic E-state index is 13.6. The minimum atomic E-state index is -5.09. The van der Waals surface area contributed by atoms with E-state index < -0.39 is 52.2 Å². The average Bonchev–Trinajstić information content (AvgIpc) is 3.05. The lowest BCUT2D eigenvalue weighted by Crippen LogP contribution is -2.43. The number of H-pyrrole nitrogens is 1. The molecular weight excluding hydrogens is 454 g/mol. The zero-order valence-electron chi connectivity index (χ0n) is 17.8. The van der Waals surface area contributed by atoms with Gasteiger partial charge in [-0.25, -0.2) is 5.10 Å². The Bertz CT molecular complexity index is 1150. The van der Waals surface area contributed by atoms with Gasteiger partial charge in [0.05, 0.1) is 27.8 Å². The van der Waals surface area contributed by atoms with Crippen LogP contribution in [0.15, 0.2) is 29.7 Å². The van der Waals surface area contributed by atoms with Crippen molar-refractivity contribution in [3.05, 3.63) is 57.6 Å². The number of halogens is 6. The van der Waals surface area contributed by atoms with E-state index in [0.29, 0.717) is 12.1 Å². The number of amides is 1. The second kappa shape index (κ2) is 7.83. The standard InChI is InChI=1S/C21H18F6N4O2/c1-9(2)19(12-5-13(20(22,23)24)7-14(6-12)21(25,26)27)15(8-28)17(29-11(4)32)33-18-16(19)10(3)30-31-18/h5-7,9H,1-4H3,(H,29,32)(H,30,31). The topological polar surface area (TPSA) is 90.8 Å². The number of nitrogens with zero attached hydrogens (tertiary/aromatic N) is 2. The fourth-order valence-corrected chi connectivity index (χ4v) is 4.17. The molecule has 12 heteroatoms. The molecule has 2 N–H and O–H groups in total. The fourth-order valence-electron chi connectivity index (χ4n) is 4.17. The van der Waals surface area contributed by atoms with Crippen molar-refractivity contribution in [2.24, 2.45) is 5.92 Å². The van der Waals surface area contributed by atoms with E-state index in [-0.39, 0.29) is 28.8 Å². The molecule has 33 heavy (non-hydrogen) atoms. The predicted octanol–water partition coefficient (Wildman–Crippen LogP) is 4.96. The normalized spacial score (nSPS) is 18.6. The van der Waals surface area contributed by atoms with Gasteiger partial charge >= 0.3 is 12.4 Å². The van der Waals surface area contributed by atoms with E-state index in [0.717, 1.165) is 6.92 Å². The Morgan fingerprint density at radius 1 is 1.15 bits per heavy atom. The van der Waals surface area contributed by atoms with Gasteiger partial charge in [-0.1, -0.05) is 13.8 Å². The first-order valence-electron chi connectivity index (χ1n) is 9.59. The van der Waals surface area contributed by atoms with Gasteiger partial charge in [0.25, 0.3) is 0 Å². The number of ether oxygens (including phenoxy) is 1. The Hall–Kier alpha value is -3.49. The number of alkyl halides is 6. The summed E-state index contributed by atoms with van der Waals surface area (Å²) in [7, 11) is 0. The summed E-state index contributed by atoms with van der Waals surface area (Å²) in [4.78, 5) is 11.7. The summed E-state index contributed by atoms with van der Waals surface area (Å²) in [5.41, 5.74) is -5.38. The molecule has 176 valence electrons. The van der Waals surface area contributed by atoms with E-state index in [1.807, 2.05) is 6.07 Å². The number of carbonyl (C=O) groups excluding carboxylic acids is 1. The van der Waals surface area contributed by atoms with Crippen molar-refractivity contribution in [3.63, 3.8) is 0 Å². The molecule has 0 aliphatic carbocycles. The number of hydrogen-bond donors (Lipinski definition) is 2. The van der Waals surface area contributed by atoms with Gasteiger partial charge in [0.2, 0.25) is 17.7 Å². The highest BCUT2D eigenvalue weighted by molar-refractivity contribution is 5.76. The van der Waals surface area contributed by atoms with Crippen LogP contribution in [0.4, 0.5) is 26.3 Å². The van der Waals surface area contributed by atoms with Gasteiger partial charge in [-0.3, -0.25) is 10.1 Å². The molecule has 6 nitrogen and oxygen atoms in total. The average molecular weight is 472 g/mol. The molecule has 1 aromatic heterocycles. The first-order valence-corrected chi connectivity index (χ1v) is 9.59. The summed E-state index contributed by atoms with van der Waals surface area (Å²) in [6, 6.07) is 3.02. The lowest BCUT2D eigenvalue weighted by atomic mass is 9.61. The number of aryl methyl sites for hydroxylation is 1. The van der Waals surface area contributed by atoms with Gasteiger partial charge in [-0.2, -0.15) is 36.7 Å². The van der Waals surface area contributed by atoms with E-state index in [1.165, 1.54) is 20.8 Å². The minimum Gasteiger partial charge on any atom is -0.422 e. The van der Waals surface area contributed by atoms with Crippen LogP contribution in [-0.2, 0) is 22.6 Å². The molecule has 0 spiro atoms. The second-order valence-corrected chi connectivity index (χ2v) is 7.87. The van der Waals surface area contributed by atoms with Crippen LogP contribution >= 0.6 is 0 Å². The van der Waals surface area contributed by atoms with Gasteiger partial charge in [0, 0.05) is 6.92 Å².